The number of nitrogens with zero attached hydrogens (tertiary/aromatic N) is 3. The fourth-order valence-electron chi connectivity index (χ4n) is 2.37. The van der Waals surface area contributed by atoms with Crippen LogP contribution in [-0.4, -0.2) is 21.0 Å². The number of aromatic nitrogens is 3. The van der Waals surface area contributed by atoms with Crippen molar-refractivity contribution in [3.05, 3.63) is 64.7 Å². The Morgan fingerprint density at radius 2 is 1.96 bits per heavy atom. The minimum Gasteiger partial charge on any atom is -0.360 e. The number of hydrogen-bond donors (Lipinski definition) is 2. The van der Waals surface area contributed by atoms with E-state index in [1.165, 1.54) is 5.56 Å². The Balaban J connectivity index is 1.72. The lowest BCUT2D eigenvalue weighted by Gasteiger charge is -2.08. The lowest BCUT2D eigenvalue weighted by molar-refractivity contribution is 0.102. The molecule has 1 amide bonds. The van der Waals surface area contributed by atoms with Crippen LogP contribution >= 0.6 is 0 Å². The third-order valence-electron chi connectivity index (χ3n) is 3.49. The number of amides is 1. The van der Waals surface area contributed by atoms with E-state index in [1.807, 2.05) is 32.0 Å². The van der Waals surface area contributed by atoms with E-state index < -0.39 is 0 Å². The van der Waals surface area contributed by atoms with Gasteiger partial charge in [0.15, 0.2) is 5.82 Å². The van der Waals surface area contributed by atoms with Crippen molar-refractivity contribution in [3.63, 3.8) is 0 Å². The van der Waals surface area contributed by atoms with Gasteiger partial charge < -0.3 is 15.2 Å². The van der Waals surface area contributed by atoms with Crippen LogP contribution in [-0.2, 0) is 6.54 Å². The largest absolute Gasteiger partial charge is 0.360 e. The van der Waals surface area contributed by atoms with Crippen LogP contribution in [0.25, 0.3) is 0 Å². The number of carbonyl (C=O) groups is 1. The molecule has 0 atom stereocenters. The van der Waals surface area contributed by atoms with Gasteiger partial charge in [-0.15, -0.1) is 0 Å². The van der Waals surface area contributed by atoms with Crippen LogP contribution in [0.5, 0.6) is 0 Å². The van der Waals surface area contributed by atoms with Gasteiger partial charge in [-0.1, -0.05) is 35.0 Å². The van der Waals surface area contributed by atoms with Crippen molar-refractivity contribution in [1.29, 1.82) is 0 Å². The molecule has 0 radical (unpaired) electrons. The van der Waals surface area contributed by atoms with Crippen LogP contribution < -0.4 is 10.6 Å². The SMILES string of the molecule is Cc1cccc(CNc2nc(C)cc(C(=O)Nc3cc(C)on3)n2)c1. The van der Waals surface area contributed by atoms with Gasteiger partial charge >= 0.3 is 0 Å². The van der Waals surface area contributed by atoms with Crippen LogP contribution in [0.4, 0.5) is 11.8 Å². The summed E-state index contributed by atoms with van der Waals surface area (Å²) in [6.45, 7) is 6.19. The molecule has 25 heavy (non-hydrogen) atoms. The number of anilines is 2. The van der Waals surface area contributed by atoms with Crippen molar-refractivity contribution in [1.82, 2.24) is 15.1 Å². The Hall–Kier alpha value is -3.22. The standard InChI is InChI=1S/C18H19N5O2/c1-11-5-4-6-14(7-11)10-19-18-20-12(2)8-15(21-18)17(24)22-16-9-13(3)25-23-16/h4-9H,10H2,1-3H3,(H,19,20,21)(H,22,23,24). The Bertz CT molecular complexity index is 904. The molecule has 0 aliphatic carbocycles. The summed E-state index contributed by atoms with van der Waals surface area (Å²) in [6.07, 6.45) is 0. The zero-order chi connectivity index (χ0) is 17.8. The van der Waals surface area contributed by atoms with Crippen molar-refractivity contribution >= 4 is 17.7 Å². The summed E-state index contributed by atoms with van der Waals surface area (Å²) < 4.78 is 4.94. The van der Waals surface area contributed by atoms with E-state index >= 15 is 0 Å². The number of benzene rings is 1. The van der Waals surface area contributed by atoms with Gasteiger partial charge in [-0.3, -0.25) is 4.79 Å². The summed E-state index contributed by atoms with van der Waals surface area (Å²) in [6, 6.07) is 11.4. The topological polar surface area (TPSA) is 92.9 Å². The average Bonchev–Trinajstić information content (AvgIpc) is 2.97. The summed E-state index contributed by atoms with van der Waals surface area (Å²) in [5.74, 6) is 1.02. The molecule has 0 bridgehead atoms. The fourth-order valence-corrected chi connectivity index (χ4v) is 2.37. The van der Waals surface area contributed by atoms with Gasteiger partial charge in [0.1, 0.15) is 11.5 Å². The maximum absolute atomic E-state index is 12.3. The summed E-state index contributed by atoms with van der Waals surface area (Å²) in [5.41, 5.74) is 3.27. The predicted molar refractivity (Wildman–Crippen MR) is 94.5 cm³/mol. The van der Waals surface area contributed by atoms with Crippen LogP contribution in [0.3, 0.4) is 0 Å². The van der Waals surface area contributed by atoms with Gasteiger partial charge in [-0.25, -0.2) is 9.97 Å². The molecule has 128 valence electrons. The van der Waals surface area contributed by atoms with Gasteiger partial charge in [-0.05, 0) is 32.4 Å². The van der Waals surface area contributed by atoms with Gasteiger partial charge in [0, 0.05) is 18.3 Å². The lowest BCUT2D eigenvalue weighted by atomic mass is 10.1. The van der Waals surface area contributed by atoms with E-state index in [-0.39, 0.29) is 11.6 Å². The Kier molecular flexibility index (Phi) is 4.74. The summed E-state index contributed by atoms with van der Waals surface area (Å²) >= 11 is 0. The zero-order valence-corrected chi connectivity index (χ0v) is 14.3. The molecule has 1 aromatic carbocycles. The first-order chi connectivity index (χ1) is 12.0. The molecule has 2 aromatic heterocycles. The highest BCUT2D eigenvalue weighted by molar-refractivity contribution is 6.02. The predicted octanol–water partition coefficient (Wildman–Crippen LogP) is 3.25. The Morgan fingerprint density at radius 1 is 1.12 bits per heavy atom. The first-order valence-electron chi connectivity index (χ1n) is 7.89. The smallest absolute Gasteiger partial charge is 0.275 e. The number of hydrogen-bond acceptors (Lipinski definition) is 6. The van der Waals surface area contributed by atoms with Gasteiger partial charge in [0.2, 0.25) is 5.95 Å². The highest BCUT2D eigenvalue weighted by atomic mass is 16.5. The third kappa shape index (κ3) is 4.41. The molecule has 2 N–H and O–H groups in total. The van der Waals surface area contributed by atoms with Crippen molar-refractivity contribution < 1.29 is 9.32 Å². The second-order valence-corrected chi connectivity index (χ2v) is 5.84. The summed E-state index contributed by atoms with van der Waals surface area (Å²) in [7, 11) is 0. The molecule has 3 aromatic rings. The molecule has 0 saturated carbocycles. The van der Waals surface area contributed by atoms with E-state index in [0.29, 0.717) is 29.8 Å². The van der Waals surface area contributed by atoms with E-state index in [1.54, 1.807) is 19.1 Å². The fraction of sp³-hybridized carbons (Fsp3) is 0.222. The van der Waals surface area contributed by atoms with Crippen molar-refractivity contribution in [2.24, 2.45) is 0 Å². The van der Waals surface area contributed by atoms with Gasteiger partial charge in [0.25, 0.3) is 5.91 Å². The molecule has 3 rings (SSSR count). The first-order valence-corrected chi connectivity index (χ1v) is 7.89. The van der Waals surface area contributed by atoms with Crippen LogP contribution in [0.2, 0.25) is 0 Å². The molecule has 7 nitrogen and oxygen atoms in total. The quantitative estimate of drug-likeness (QED) is 0.742. The number of nitrogens with one attached hydrogen (secondary N) is 2. The number of aryl methyl sites for hydroxylation is 3. The first kappa shape index (κ1) is 16.6. The minimum atomic E-state index is -0.364. The molecular formula is C18H19N5O2. The van der Waals surface area contributed by atoms with Gasteiger partial charge in [-0.2, -0.15) is 0 Å². The normalized spacial score (nSPS) is 10.5. The van der Waals surface area contributed by atoms with Crippen LogP contribution in [0.15, 0.2) is 40.9 Å². The summed E-state index contributed by atoms with van der Waals surface area (Å²) in [4.78, 5) is 20.9. The maximum atomic E-state index is 12.3. The van der Waals surface area contributed by atoms with E-state index in [0.717, 1.165) is 5.56 Å². The molecule has 0 fully saturated rings. The molecule has 0 aliphatic heterocycles. The average molecular weight is 337 g/mol. The highest BCUT2D eigenvalue weighted by Gasteiger charge is 2.13. The van der Waals surface area contributed by atoms with E-state index in [2.05, 4.69) is 31.8 Å². The van der Waals surface area contributed by atoms with Crippen molar-refractivity contribution in [2.75, 3.05) is 10.6 Å². The third-order valence-corrected chi connectivity index (χ3v) is 3.49. The van der Waals surface area contributed by atoms with E-state index in [9.17, 15) is 4.79 Å². The maximum Gasteiger partial charge on any atom is 0.275 e. The van der Waals surface area contributed by atoms with Crippen LogP contribution in [0.1, 0.15) is 33.1 Å². The molecule has 2 heterocycles. The second kappa shape index (κ2) is 7.12. The number of rotatable bonds is 5. The number of carbonyl (C=O) groups excluding carboxylic acids is 1. The highest BCUT2D eigenvalue weighted by Crippen LogP contribution is 2.12. The Labute approximate surface area is 145 Å². The van der Waals surface area contributed by atoms with Crippen molar-refractivity contribution in [2.45, 2.75) is 27.3 Å². The lowest BCUT2D eigenvalue weighted by Crippen LogP contribution is -2.16. The Morgan fingerprint density at radius 3 is 2.68 bits per heavy atom. The molecule has 0 aliphatic rings. The van der Waals surface area contributed by atoms with Gasteiger partial charge in [0.05, 0.1) is 0 Å². The molecule has 7 heteroatoms. The van der Waals surface area contributed by atoms with Crippen LogP contribution in [0, 0.1) is 20.8 Å². The van der Waals surface area contributed by atoms with E-state index in [4.69, 9.17) is 4.52 Å². The zero-order valence-electron chi connectivity index (χ0n) is 14.3. The monoisotopic (exact) mass is 337 g/mol. The van der Waals surface area contributed by atoms with Crippen molar-refractivity contribution in [3.8, 4) is 0 Å². The molecule has 0 unspecified atom stereocenters. The second-order valence-electron chi connectivity index (χ2n) is 5.84. The summed E-state index contributed by atoms with van der Waals surface area (Å²) in [5, 5.41) is 9.55. The molecule has 0 saturated heterocycles. The minimum absolute atomic E-state index is 0.264. The molecule has 0 spiro atoms. The molecular weight excluding hydrogens is 318 g/mol.